The largest absolute Gasteiger partial charge is 0.457 e. The molecule has 2 fully saturated rings. The quantitative estimate of drug-likeness (QED) is 0.187. The van der Waals surface area contributed by atoms with Gasteiger partial charge in [0.05, 0.1) is 22.4 Å². The third kappa shape index (κ3) is 5.36. The van der Waals surface area contributed by atoms with E-state index in [1.807, 2.05) is 48.5 Å². The van der Waals surface area contributed by atoms with Crippen LogP contribution in [0, 0.1) is 17.2 Å². The van der Waals surface area contributed by atoms with Crippen molar-refractivity contribution in [2.75, 3.05) is 23.3 Å². The molecular weight excluding hydrogens is 576 g/mol. The fourth-order valence-electron chi connectivity index (χ4n) is 5.67. The third-order valence-corrected chi connectivity index (χ3v) is 9.02. The molecule has 0 bridgehead atoms. The fraction of sp³-hybridized carbons (Fsp3) is 0.242. The topological polar surface area (TPSA) is 128 Å². The molecule has 0 unspecified atom stereocenters. The van der Waals surface area contributed by atoms with E-state index >= 15 is 0 Å². The van der Waals surface area contributed by atoms with E-state index < -0.39 is 6.03 Å². The number of benzene rings is 2. The zero-order chi connectivity index (χ0) is 30.2. The highest BCUT2D eigenvalue weighted by Gasteiger charge is 2.34. The zero-order valence-corrected chi connectivity index (χ0v) is 24.5. The van der Waals surface area contributed by atoms with Crippen LogP contribution in [-0.2, 0) is 4.79 Å². The normalized spacial score (nSPS) is 18.0. The smallest absolute Gasteiger partial charge is 0.331 e. The molecule has 10 nitrogen and oxygen atoms in total. The van der Waals surface area contributed by atoms with Gasteiger partial charge in [0.15, 0.2) is 0 Å². The van der Waals surface area contributed by atoms with E-state index in [1.54, 1.807) is 34.2 Å². The van der Waals surface area contributed by atoms with Gasteiger partial charge in [0.25, 0.3) is 11.8 Å². The van der Waals surface area contributed by atoms with Crippen LogP contribution in [0.15, 0.2) is 78.5 Å². The highest BCUT2D eigenvalue weighted by molar-refractivity contribution is 7.21. The van der Waals surface area contributed by atoms with Crippen LogP contribution in [0.1, 0.15) is 35.4 Å². The van der Waals surface area contributed by atoms with Crippen molar-refractivity contribution in [1.82, 2.24) is 15.2 Å². The number of anilines is 3. The summed E-state index contributed by atoms with van der Waals surface area (Å²) in [5.41, 5.74) is 1.82. The summed E-state index contributed by atoms with van der Waals surface area (Å²) in [6.45, 7) is 0.860. The Kier molecular flexibility index (Phi) is 7.20. The number of ether oxygens (including phenoxy) is 1. The summed E-state index contributed by atoms with van der Waals surface area (Å²) < 4.78 is 5.99. The van der Waals surface area contributed by atoms with Gasteiger partial charge in [-0.1, -0.05) is 30.3 Å². The summed E-state index contributed by atoms with van der Waals surface area (Å²) in [7, 11) is 0. The first-order valence-electron chi connectivity index (χ1n) is 14.6. The molecule has 2 aliphatic heterocycles. The first kappa shape index (κ1) is 27.6. The summed E-state index contributed by atoms with van der Waals surface area (Å²) in [6, 6.07) is 19.8. The van der Waals surface area contributed by atoms with Crippen LogP contribution in [0.2, 0.25) is 0 Å². The van der Waals surface area contributed by atoms with Crippen LogP contribution in [0.3, 0.4) is 0 Å². The lowest BCUT2D eigenvalue weighted by molar-refractivity contribution is -0.128. The van der Waals surface area contributed by atoms with Gasteiger partial charge in [0, 0.05) is 31.4 Å². The molecule has 3 aliphatic rings. The number of thiophene rings is 1. The Morgan fingerprint density at radius 2 is 1.91 bits per heavy atom. The summed E-state index contributed by atoms with van der Waals surface area (Å²) in [6.07, 6.45) is 6.83. The number of nitrogens with zero attached hydrogens (tertiary/aromatic N) is 4. The molecule has 1 saturated carbocycles. The van der Waals surface area contributed by atoms with E-state index in [0.717, 1.165) is 12.8 Å². The number of urea groups is 1. The number of hydrogen-bond acceptors (Lipinski definition) is 7. The van der Waals surface area contributed by atoms with Crippen molar-refractivity contribution in [2.45, 2.75) is 31.7 Å². The molecule has 1 saturated heterocycles. The summed E-state index contributed by atoms with van der Waals surface area (Å²) in [5.74, 6) is 0.951. The monoisotopic (exact) mass is 604 g/mol. The van der Waals surface area contributed by atoms with Gasteiger partial charge >= 0.3 is 6.03 Å². The van der Waals surface area contributed by atoms with Crippen LogP contribution in [0.5, 0.6) is 11.5 Å². The van der Waals surface area contributed by atoms with Crippen molar-refractivity contribution in [3.05, 3.63) is 83.4 Å². The maximum atomic E-state index is 13.6. The second-order valence-electron chi connectivity index (χ2n) is 11.1. The lowest BCUT2D eigenvalue weighted by Crippen LogP contribution is -2.50. The molecule has 220 valence electrons. The minimum Gasteiger partial charge on any atom is -0.457 e. The lowest BCUT2D eigenvalue weighted by atomic mass is 10.0. The number of nitriles is 1. The second kappa shape index (κ2) is 11.5. The SMILES string of the molecule is N#C/C(=C\C1CC1)C(=O)N1CCC[C@H](NC(=O)c2sc3nccc4c3c2NC(=O)N4c2cccc(Oc3ccccc3)c2)C1. The molecule has 0 spiro atoms. The molecule has 4 heterocycles. The number of carbonyl (C=O) groups excluding carboxylic acids is 3. The fourth-order valence-corrected chi connectivity index (χ4v) is 6.69. The number of carbonyl (C=O) groups is 3. The third-order valence-electron chi connectivity index (χ3n) is 7.93. The Morgan fingerprint density at radius 1 is 1.09 bits per heavy atom. The average Bonchev–Trinajstić information content (AvgIpc) is 3.79. The van der Waals surface area contributed by atoms with Gasteiger partial charge in [-0.2, -0.15) is 5.26 Å². The van der Waals surface area contributed by atoms with E-state index in [0.29, 0.717) is 75.5 Å². The number of hydrogen-bond donors (Lipinski definition) is 2. The van der Waals surface area contributed by atoms with E-state index in [2.05, 4.69) is 21.7 Å². The molecule has 2 aromatic carbocycles. The number of para-hydroxylation sites is 1. The summed E-state index contributed by atoms with van der Waals surface area (Å²) >= 11 is 1.21. The van der Waals surface area contributed by atoms with E-state index in [9.17, 15) is 19.6 Å². The van der Waals surface area contributed by atoms with Gasteiger partial charge in [-0.25, -0.2) is 9.78 Å². The van der Waals surface area contributed by atoms with Crippen molar-refractivity contribution >= 4 is 56.5 Å². The number of pyridine rings is 1. The highest BCUT2D eigenvalue weighted by Crippen LogP contribution is 2.46. The number of amides is 4. The van der Waals surface area contributed by atoms with Crippen molar-refractivity contribution < 1.29 is 19.1 Å². The molecule has 11 heteroatoms. The van der Waals surface area contributed by atoms with E-state index in [4.69, 9.17) is 4.74 Å². The molecular formula is C33H28N6O4S. The number of nitrogens with one attached hydrogen (secondary N) is 2. The zero-order valence-electron chi connectivity index (χ0n) is 23.7. The van der Waals surface area contributed by atoms with Crippen LogP contribution >= 0.6 is 11.3 Å². The predicted octanol–water partition coefficient (Wildman–Crippen LogP) is 6.35. The first-order chi connectivity index (χ1) is 21.5. The Labute approximate surface area is 257 Å². The Balaban J connectivity index is 1.13. The molecule has 4 aromatic rings. The first-order valence-corrected chi connectivity index (χ1v) is 15.4. The highest BCUT2D eigenvalue weighted by atomic mass is 32.1. The number of aromatic nitrogens is 1. The van der Waals surface area contributed by atoms with Gasteiger partial charge in [-0.15, -0.1) is 11.3 Å². The van der Waals surface area contributed by atoms with Crippen molar-refractivity contribution in [1.29, 1.82) is 5.26 Å². The van der Waals surface area contributed by atoms with Gasteiger partial charge in [0.1, 0.15) is 32.8 Å². The van der Waals surface area contributed by atoms with Crippen LogP contribution in [-0.4, -0.2) is 46.9 Å². The molecule has 1 atom stereocenters. The molecule has 2 N–H and O–H groups in total. The molecule has 7 rings (SSSR count). The standard InChI is InChI=1S/C33H28N6O4S/c34-18-21(16-20-11-12-20)32(41)38-15-5-6-22(19-38)36-30(40)29-28-27-26(13-14-35-31(27)44-29)39(33(42)37-28)23-7-4-10-25(17-23)43-24-8-2-1-3-9-24/h1-4,7-10,13-14,16-17,20,22H,5-6,11-12,15,19H2,(H,36,40)(H,37,42)/b21-16+/t22-/m0/s1. The molecule has 4 amide bonds. The average molecular weight is 605 g/mol. The Bertz CT molecular complexity index is 1860. The number of rotatable bonds is 7. The van der Waals surface area contributed by atoms with Gasteiger partial charge in [-0.3, -0.25) is 14.5 Å². The molecule has 0 radical (unpaired) electrons. The molecule has 1 aliphatic carbocycles. The van der Waals surface area contributed by atoms with Crippen LogP contribution in [0.25, 0.3) is 10.2 Å². The van der Waals surface area contributed by atoms with Crippen molar-refractivity contribution in [2.24, 2.45) is 5.92 Å². The van der Waals surface area contributed by atoms with Gasteiger partial charge < -0.3 is 20.3 Å². The summed E-state index contributed by atoms with van der Waals surface area (Å²) in [5, 5.41) is 16.2. The van der Waals surface area contributed by atoms with Crippen molar-refractivity contribution in [3.63, 3.8) is 0 Å². The maximum absolute atomic E-state index is 13.6. The van der Waals surface area contributed by atoms with E-state index in [-0.39, 0.29) is 23.4 Å². The molecule has 2 aromatic heterocycles. The van der Waals surface area contributed by atoms with Gasteiger partial charge in [-0.05, 0) is 61.9 Å². The number of likely N-dealkylation sites (tertiary alicyclic amines) is 1. The van der Waals surface area contributed by atoms with Crippen LogP contribution in [0.4, 0.5) is 21.9 Å². The summed E-state index contributed by atoms with van der Waals surface area (Å²) in [4.78, 5) is 48.9. The van der Waals surface area contributed by atoms with Gasteiger partial charge in [0.2, 0.25) is 0 Å². The van der Waals surface area contributed by atoms with Crippen LogP contribution < -0.4 is 20.3 Å². The lowest BCUT2D eigenvalue weighted by Gasteiger charge is -2.33. The number of piperidine rings is 1. The predicted molar refractivity (Wildman–Crippen MR) is 167 cm³/mol. The maximum Gasteiger partial charge on any atom is 0.331 e. The molecule has 44 heavy (non-hydrogen) atoms. The number of allylic oxidation sites excluding steroid dienone is 1. The Hall–Kier alpha value is -5.21. The Morgan fingerprint density at radius 3 is 2.70 bits per heavy atom. The second-order valence-corrected chi connectivity index (χ2v) is 12.1. The minimum atomic E-state index is -0.407. The van der Waals surface area contributed by atoms with E-state index in [1.165, 1.54) is 11.3 Å². The minimum absolute atomic E-state index is 0.177. The van der Waals surface area contributed by atoms with Crippen molar-refractivity contribution in [3.8, 4) is 17.6 Å².